The number of carbonyl (C=O) groups is 10. The first-order chi connectivity index (χ1) is 35.1. The van der Waals surface area contributed by atoms with Crippen molar-refractivity contribution in [3.05, 3.63) is 107 Å². The molecule has 4 aromatic rings. The summed E-state index contributed by atoms with van der Waals surface area (Å²) in [5.74, 6) is -14.3. The lowest BCUT2D eigenvalue weighted by Gasteiger charge is -2.26. The van der Waals surface area contributed by atoms with Crippen LogP contribution < -0.4 is 43.0 Å². The van der Waals surface area contributed by atoms with Crippen molar-refractivity contribution >= 4 is 93.6 Å². The molecule has 0 radical (unpaired) electrons. The highest BCUT2D eigenvalue weighted by Gasteiger charge is 2.41. The number of halogens is 2. The number of nitrogens with one attached hydrogen (secondary N) is 8. The molecule has 3 aromatic carbocycles. The van der Waals surface area contributed by atoms with Crippen molar-refractivity contribution in [3.63, 3.8) is 0 Å². The van der Waals surface area contributed by atoms with Gasteiger partial charge >= 0.3 is 17.9 Å². The second kappa shape index (κ2) is 28.6. The minimum atomic E-state index is -4.18. The van der Waals surface area contributed by atoms with Crippen LogP contribution in [0.5, 0.6) is 0 Å². The number of H-pyrrole nitrogens is 1. The lowest BCUT2D eigenvalue weighted by atomic mass is 10.0. The Morgan fingerprint density at radius 1 is 0.608 bits per heavy atom. The molecule has 0 fully saturated rings. The Labute approximate surface area is 432 Å². The molecule has 25 heteroatoms. The minimum absolute atomic E-state index is 0.0220. The maximum Gasteiger partial charge on any atom is 0.379 e. The van der Waals surface area contributed by atoms with Gasteiger partial charge in [0.2, 0.25) is 47.3 Å². The van der Waals surface area contributed by atoms with E-state index in [0.717, 1.165) is 19.1 Å². The molecule has 0 saturated heterocycles. The van der Waals surface area contributed by atoms with Gasteiger partial charge in [0.15, 0.2) is 0 Å². The van der Waals surface area contributed by atoms with E-state index < -0.39 is 120 Å². The normalized spacial score (nSPS) is 13.6. The quantitative estimate of drug-likeness (QED) is 0.0346. The molecule has 0 aliphatic heterocycles. The van der Waals surface area contributed by atoms with Gasteiger partial charge in [0.1, 0.15) is 36.3 Å². The third-order valence-electron chi connectivity index (χ3n) is 11.3. The van der Waals surface area contributed by atoms with Crippen molar-refractivity contribution in [1.29, 1.82) is 0 Å². The minimum Gasteiger partial charge on any atom is -0.481 e. The number of para-hydroxylation sites is 1. The van der Waals surface area contributed by atoms with Gasteiger partial charge in [0, 0.05) is 48.8 Å². The zero-order valence-corrected chi connectivity index (χ0v) is 42.2. The summed E-state index contributed by atoms with van der Waals surface area (Å²) in [5, 5.41) is 36.8. The van der Waals surface area contributed by atoms with Gasteiger partial charge < -0.3 is 58.1 Å². The van der Waals surface area contributed by atoms with Crippen molar-refractivity contribution in [2.45, 2.75) is 87.6 Å². The Morgan fingerprint density at radius 2 is 1.11 bits per heavy atom. The zero-order chi connectivity index (χ0) is 54.5. The fraction of sp³-hybridized carbons (Fsp3) is 0.388. The number of hydrogen-bond donors (Lipinski definition) is 11. The number of hydrogen-bond acceptors (Lipinski definition) is 12. The molecule has 1 aromatic heterocycles. The van der Waals surface area contributed by atoms with E-state index >= 15 is 0 Å². The van der Waals surface area contributed by atoms with E-state index in [-0.39, 0.29) is 37.7 Å². The molecule has 21 nitrogen and oxygen atoms in total. The summed E-state index contributed by atoms with van der Waals surface area (Å²) < 4.78 is 28.1. The SMILES string of the molecule is CSCC[C@H](NC(=O)[C@H](Cc1c[nH]c2ccccc12)NC(=O)CNC(=O)[C@H](CCSC)NC(=O)[C@@H](Cc1ccc(C(F)(F)C(=O)O)cc1)NC(C)=O)C(=O)N[C@@H](CC(=O)O)C(=O)N[C@@H](Cc1ccccc1)C(N)=O. The average molecular weight is 1070 g/mol. The van der Waals surface area contributed by atoms with Gasteiger partial charge in [-0.15, -0.1) is 0 Å². The molecule has 0 aliphatic rings. The van der Waals surface area contributed by atoms with Crippen LogP contribution in [-0.4, -0.2) is 141 Å². The lowest BCUT2D eigenvalue weighted by molar-refractivity contribution is -0.166. The molecule has 74 heavy (non-hydrogen) atoms. The van der Waals surface area contributed by atoms with E-state index in [1.165, 1.54) is 35.7 Å². The van der Waals surface area contributed by atoms with Crippen molar-refractivity contribution < 1.29 is 66.9 Å². The fourth-order valence-electron chi connectivity index (χ4n) is 7.48. The maximum atomic E-state index is 14.3. The molecule has 0 spiro atoms. The van der Waals surface area contributed by atoms with E-state index in [1.54, 1.807) is 73.3 Å². The highest BCUT2D eigenvalue weighted by atomic mass is 32.2. The van der Waals surface area contributed by atoms with Gasteiger partial charge in [-0.1, -0.05) is 72.8 Å². The van der Waals surface area contributed by atoms with Crippen LogP contribution in [0.2, 0.25) is 0 Å². The first-order valence-corrected chi connectivity index (χ1v) is 25.8. The van der Waals surface area contributed by atoms with E-state index in [1.807, 2.05) is 0 Å². The second-order valence-electron chi connectivity index (χ2n) is 16.9. The number of carboxylic acid groups (broad SMARTS) is 2. The molecule has 0 aliphatic carbocycles. The summed E-state index contributed by atoms with van der Waals surface area (Å²) in [6.45, 7) is 0.415. The van der Waals surface area contributed by atoms with Gasteiger partial charge in [0.05, 0.1) is 13.0 Å². The molecule has 1 heterocycles. The van der Waals surface area contributed by atoms with Crippen LogP contribution in [0.1, 0.15) is 48.4 Å². The number of aliphatic carboxylic acids is 2. The fourth-order valence-corrected chi connectivity index (χ4v) is 8.43. The number of primary amides is 1. The number of carbonyl (C=O) groups excluding carboxylic acids is 8. The molecule has 4 rings (SSSR count). The van der Waals surface area contributed by atoms with Crippen LogP contribution in [0.3, 0.4) is 0 Å². The van der Waals surface area contributed by atoms with E-state index in [4.69, 9.17) is 10.8 Å². The molecule has 0 bridgehead atoms. The van der Waals surface area contributed by atoms with Crippen molar-refractivity contribution in [2.24, 2.45) is 5.73 Å². The van der Waals surface area contributed by atoms with Crippen LogP contribution in [0.25, 0.3) is 10.9 Å². The molecule has 8 amide bonds. The van der Waals surface area contributed by atoms with Crippen LogP contribution in [0.4, 0.5) is 8.78 Å². The number of thioether (sulfide) groups is 2. The van der Waals surface area contributed by atoms with Gasteiger partial charge in [-0.3, -0.25) is 43.2 Å². The number of amides is 8. The first kappa shape index (κ1) is 59.0. The predicted molar refractivity (Wildman–Crippen MR) is 272 cm³/mol. The number of fused-ring (bicyclic) bond motifs is 1. The van der Waals surface area contributed by atoms with Crippen molar-refractivity contribution in [1.82, 2.24) is 42.2 Å². The summed E-state index contributed by atoms with van der Waals surface area (Å²) in [7, 11) is 0. The molecule has 6 atom stereocenters. The summed E-state index contributed by atoms with van der Waals surface area (Å²) >= 11 is 2.66. The largest absolute Gasteiger partial charge is 0.481 e. The summed E-state index contributed by atoms with van der Waals surface area (Å²) in [6, 6.07) is 11.4. The van der Waals surface area contributed by atoms with Crippen LogP contribution in [-0.2, 0) is 73.1 Å². The van der Waals surface area contributed by atoms with Gasteiger partial charge in [0.25, 0.3) is 0 Å². The Kier molecular flexibility index (Phi) is 22.8. The van der Waals surface area contributed by atoms with Crippen molar-refractivity contribution in [2.75, 3.05) is 30.6 Å². The highest BCUT2D eigenvalue weighted by molar-refractivity contribution is 7.98. The van der Waals surface area contributed by atoms with Crippen molar-refractivity contribution in [3.8, 4) is 0 Å². The van der Waals surface area contributed by atoms with E-state index in [0.29, 0.717) is 33.5 Å². The second-order valence-corrected chi connectivity index (χ2v) is 18.9. The monoisotopic (exact) mass is 1070 g/mol. The Bertz CT molecular complexity index is 2640. The smallest absolute Gasteiger partial charge is 0.379 e. The summed E-state index contributed by atoms with van der Waals surface area (Å²) in [4.78, 5) is 133. The Hall–Kier alpha value is -7.54. The average Bonchev–Trinajstić information content (AvgIpc) is 3.77. The Morgan fingerprint density at radius 3 is 1.68 bits per heavy atom. The number of benzene rings is 3. The first-order valence-electron chi connectivity index (χ1n) is 23.0. The predicted octanol–water partition coefficient (Wildman–Crippen LogP) is 0.883. The number of alkyl halides is 2. The Balaban J connectivity index is 1.51. The third-order valence-corrected chi connectivity index (χ3v) is 12.6. The lowest BCUT2D eigenvalue weighted by Crippen LogP contribution is -2.59. The third kappa shape index (κ3) is 18.2. The molecular formula is C49H59F2N9O12S2. The molecule has 12 N–H and O–H groups in total. The topological polar surface area (TPSA) is 337 Å². The van der Waals surface area contributed by atoms with E-state index in [9.17, 15) is 61.8 Å². The number of aromatic nitrogens is 1. The number of rotatable bonds is 30. The summed E-state index contributed by atoms with van der Waals surface area (Å²) in [6.07, 6.45) is 3.81. The van der Waals surface area contributed by atoms with E-state index in [2.05, 4.69) is 42.2 Å². The molecule has 0 saturated carbocycles. The van der Waals surface area contributed by atoms with Crippen LogP contribution in [0.15, 0.2) is 85.1 Å². The molecule has 0 unspecified atom stereocenters. The van der Waals surface area contributed by atoms with Gasteiger partial charge in [-0.25, -0.2) is 4.79 Å². The molecule has 398 valence electrons. The zero-order valence-electron chi connectivity index (χ0n) is 40.5. The standard InChI is InChI=1S/C49H59F2N9O12S2/c1-27(61)55-37(22-29-13-15-31(16-14-29)49(50,51)48(71)72)45(68)57-34(17-19-73-2)43(66)54-26-40(62)56-38(23-30-25-53-33-12-8-7-11-32(30)33)46(69)58-35(18-20-74-3)44(67)60-39(24-41(63)64)47(70)59-36(42(52)65)21-28-9-5-4-6-10-28/h4-16,25,34-39,53H,17-24,26H2,1-3H3,(H2,52,65)(H,54,66)(H,55,61)(H,56,62)(H,57,68)(H,58,69)(H,59,70)(H,60,67)(H,63,64)(H,71,72)/t34-,35-,36-,37+,38-,39-/m0/s1. The van der Waals surface area contributed by atoms with Gasteiger partial charge in [-0.2, -0.15) is 32.3 Å². The number of carboxylic acids is 2. The number of aromatic amines is 1. The molecular weight excluding hydrogens is 1010 g/mol. The van der Waals surface area contributed by atoms with Crippen LogP contribution in [0, 0.1) is 0 Å². The maximum absolute atomic E-state index is 14.3. The van der Waals surface area contributed by atoms with Crippen LogP contribution >= 0.6 is 23.5 Å². The number of nitrogens with two attached hydrogens (primary N) is 1. The van der Waals surface area contributed by atoms with Gasteiger partial charge in [-0.05, 0) is 59.6 Å². The highest BCUT2D eigenvalue weighted by Crippen LogP contribution is 2.28. The summed E-state index contributed by atoms with van der Waals surface area (Å²) in [5.41, 5.74) is 6.96.